The number of hydrogen-bond acceptors (Lipinski definition) is 5. The van der Waals surface area contributed by atoms with E-state index in [0.29, 0.717) is 13.0 Å². The Morgan fingerprint density at radius 3 is 2.74 bits per heavy atom. The van der Waals surface area contributed by atoms with E-state index in [1.54, 1.807) is 0 Å². The minimum Gasteiger partial charge on any atom is -0.467 e. The van der Waals surface area contributed by atoms with Gasteiger partial charge in [0.1, 0.15) is 12.6 Å². The van der Waals surface area contributed by atoms with Crippen LogP contribution >= 0.6 is 0 Å². The molecule has 1 saturated heterocycles. The number of carbonyl (C=O) groups excluding carboxylic acids is 2. The Morgan fingerprint density at radius 1 is 1.63 bits per heavy atom. The Kier molecular flexibility index (Phi) is 8.64. The van der Waals surface area contributed by atoms with Crippen molar-refractivity contribution in [3.8, 4) is 0 Å². The van der Waals surface area contributed by atoms with Gasteiger partial charge in [0.2, 0.25) is 0 Å². The molecule has 1 amide bonds. The molecule has 8 nitrogen and oxygen atoms in total. The second-order valence-electron chi connectivity index (χ2n) is 3.53. The van der Waals surface area contributed by atoms with Gasteiger partial charge >= 0.3 is 12.1 Å². The number of carbonyl (C=O) groups is 2. The van der Waals surface area contributed by atoms with Crippen LogP contribution in [-0.4, -0.2) is 50.3 Å². The molecule has 0 aromatic rings. The highest BCUT2D eigenvalue weighted by atomic mass is 16.6. The van der Waals surface area contributed by atoms with Crippen LogP contribution in [0.4, 0.5) is 4.79 Å². The number of esters is 1. The minimum absolute atomic E-state index is 0.156. The molecule has 1 aliphatic rings. The fourth-order valence-electron chi connectivity index (χ4n) is 1.58. The van der Waals surface area contributed by atoms with Gasteiger partial charge in [0.15, 0.2) is 0 Å². The number of amides is 1. The van der Waals surface area contributed by atoms with E-state index in [-0.39, 0.29) is 12.6 Å². The van der Waals surface area contributed by atoms with Crippen LogP contribution < -0.4 is 0 Å². The zero-order valence-electron chi connectivity index (χ0n) is 11.1. The van der Waals surface area contributed by atoms with Gasteiger partial charge in [-0.15, -0.1) is 0 Å². The lowest BCUT2D eigenvalue weighted by atomic mass is 10.2. The van der Waals surface area contributed by atoms with Gasteiger partial charge in [0.05, 0.1) is 7.11 Å². The highest BCUT2D eigenvalue weighted by molar-refractivity contribution is 5.82. The second kappa shape index (κ2) is 9.78. The number of ether oxygens (including phenoxy) is 2. The van der Waals surface area contributed by atoms with Gasteiger partial charge < -0.3 is 9.47 Å². The van der Waals surface area contributed by atoms with Gasteiger partial charge in [-0.25, -0.2) is 9.59 Å². The number of nitrogens with zero attached hydrogens (tertiary/aromatic N) is 4. The average Bonchev–Trinajstić information content (AvgIpc) is 2.93. The van der Waals surface area contributed by atoms with E-state index in [9.17, 15) is 9.59 Å². The Labute approximate surface area is 111 Å². The standard InChI is InChI=1S/C10H15NO4.CH3N3/c1-3-7-15-10(13)11-6-4-5-8(11)9(12)14-2;1-3-4-2/h3,8H,1,4-7H2,2H3;1H3. The minimum atomic E-state index is -0.493. The average molecular weight is 270 g/mol. The van der Waals surface area contributed by atoms with Gasteiger partial charge in [-0.05, 0) is 18.4 Å². The quantitative estimate of drug-likeness (QED) is 0.256. The third-order valence-electron chi connectivity index (χ3n) is 2.37. The molecule has 0 N–H and O–H groups in total. The number of likely N-dealkylation sites (tertiary alicyclic amines) is 1. The molecule has 106 valence electrons. The largest absolute Gasteiger partial charge is 0.467 e. The van der Waals surface area contributed by atoms with Crippen LogP contribution in [0.5, 0.6) is 0 Å². The van der Waals surface area contributed by atoms with Gasteiger partial charge in [-0.1, -0.05) is 17.8 Å². The summed E-state index contributed by atoms with van der Waals surface area (Å²) >= 11 is 0. The molecule has 0 aromatic heterocycles. The highest BCUT2D eigenvalue weighted by Crippen LogP contribution is 2.19. The Hall–Kier alpha value is -2.21. The van der Waals surface area contributed by atoms with Crippen molar-refractivity contribution in [1.29, 1.82) is 0 Å². The normalized spacial score (nSPS) is 16.5. The molecule has 8 heteroatoms. The van der Waals surface area contributed by atoms with Crippen molar-refractivity contribution < 1.29 is 19.1 Å². The van der Waals surface area contributed by atoms with Crippen LogP contribution in [0.3, 0.4) is 0 Å². The van der Waals surface area contributed by atoms with Crippen molar-refractivity contribution in [1.82, 2.24) is 4.90 Å². The second-order valence-corrected chi connectivity index (χ2v) is 3.53. The highest BCUT2D eigenvalue weighted by Gasteiger charge is 2.35. The molecule has 1 fully saturated rings. The third-order valence-corrected chi connectivity index (χ3v) is 2.37. The molecule has 0 aliphatic carbocycles. The van der Waals surface area contributed by atoms with E-state index < -0.39 is 12.1 Å². The van der Waals surface area contributed by atoms with E-state index in [1.807, 2.05) is 0 Å². The van der Waals surface area contributed by atoms with Crippen molar-refractivity contribution in [2.45, 2.75) is 18.9 Å². The lowest BCUT2D eigenvalue weighted by Gasteiger charge is -2.21. The first-order valence-electron chi connectivity index (χ1n) is 5.67. The van der Waals surface area contributed by atoms with E-state index in [0.717, 1.165) is 6.42 Å². The zero-order chi connectivity index (χ0) is 14.7. The molecule has 0 radical (unpaired) electrons. The van der Waals surface area contributed by atoms with E-state index in [2.05, 4.69) is 21.3 Å². The number of rotatable bonds is 3. The van der Waals surface area contributed by atoms with Crippen LogP contribution in [0.2, 0.25) is 0 Å². The zero-order valence-corrected chi connectivity index (χ0v) is 11.1. The van der Waals surface area contributed by atoms with Gasteiger partial charge in [0, 0.05) is 18.5 Å². The SMILES string of the molecule is C=CCOC(=O)N1CCCC1C(=O)OC.CN=[N+]=[N-]. The predicted molar refractivity (Wildman–Crippen MR) is 68.4 cm³/mol. The maximum absolute atomic E-state index is 11.5. The molecule has 1 unspecified atom stereocenters. The number of methoxy groups -OCH3 is 1. The van der Waals surface area contributed by atoms with Crippen molar-refractivity contribution in [2.24, 2.45) is 5.11 Å². The smallest absolute Gasteiger partial charge is 0.410 e. The maximum atomic E-state index is 11.5. The fraction of sp³-hybridized carbons (Fsp3) is 0.636. The Morgan fingerprint density at radius 2 is 2.26 bits per heavy atom. The molecule has 0 bridgehead atoms. The summed E-state index contributed by atoms with van der Waals surface area (Å²) in [6, 6.07) is -0.493. The summed E-state index contributed by atoms with van der Waals surface area (Å²) in [5, 5.41) is 2.92. The summed E-state index contributed by atoms with van der Waals surface area (Å²) in [6.45, 7) is 4.14. The maximum Gasteiger partial charge on any atom is 0.410 e. The van der Waals surface area contributed by atoms with Crippen molar-refractivity contribution >= 4 is 12.1 Å². The molecule has 19 heavy (non-hydrogen) atoms. The summed E-state index contributed by atoms with van der Waals surface area (Å²) in [5.41, 5.74) is 7.33. The van der Waals surface area contributed by atoms with Crippen LogP contribution in [0.1, 0.15) is 12.8 Å². The molecule has 0 spiro atoms. The first kappa shape index (κ1) is 16.8. The summed E-state index contributed by atoms with van der Waals surface area (Å²) in [5.74, 6) is -0.386. The lowest BCUT2D eigenvalue weighted by molar-refractivity contribution is -0.145. The van der Waals surface area contributed by atoms with Crippen molar-refractivity contribution in [2.75, 3.05) is 27.3 Å². The van der Waals surface area contributed by atoms with Crippen molar-refractivity contribution in [3.63, 3.8) is 0 Å². The molecular formula is C11H18N4O4. The molecule has 0 saturated carbocycles. The van der Waals surface area contributed by atoms with Gasteiger partial charge in [-0.3, -0.25) is 4.90 Å². The van der Waals surface area contributed by atoms with E-state index in [1.165, 1.54) is 25.1 Å². The number of azide groups is 1. The number of hydrogen-bond donors (Lipinski definition) is 0. The summed E-state index contributed by atoms with van der Waals surface area (Å²) < 4.78 is 9.47. The van der Waals surface area contributed by atoms with E-state index in [4.69, 9.17) is 10.3 Å². The van der Waals surface area contributed by atoms with Crippen molar-refractivity contribution in [3.05, 3.63) is 23.1 Å². The lowest BCUT2D eigenvalue weighted by Crippen LogP contribution is -2.41. The molecule has 1 atom stereocenters. The Bertz CT molecular complexity index is 366. The predicted octanol–water partition coefficient (Wildman–Crippen LogP) is 1.87. The van der Waals surface area contributed by atoms with Crippen LogP contribution in [0.25, 0.3) is 10.4 Å². The summed E-state index contributed by atoms with van der Waals surface area (Å²) in [7, 11) is 2.70. The Balaban J connectivity index is 0.000000711. The first-order chi connectivity index (χ1) is 9.12. The fourth-order valence-corrected chi connectivity index (χ4v) is 1.58. The van der Waals surface area contributed by atoms with Crippen LogP contribution in [-0.2, 0) is 14.3 Å². The summed E-state index contributed by atoms with van der Waals surface area (Å²) in [6.07, 6.45) is 2.43. The van der Waals surface area contributed by atoms with Crippen LogP contribution in [0.15, 0.2) is 17.8 Å². The van der Waals surface area contributed by atoms with E-state index >= 15 is 0 Å². The molecule has 1 rings (SSSR count). The molecular weight excluding hydrogens is 252 g/mol. The summed E-state index contributed by atoms with van der Waals surface area (Å²) in [4.78, 5) is 26.6. The van der Waals surface area contributed by atoms with Crippen LogP contribution in [0, 0.1) is 0 Å². The third kappa shape index (κ3) is 5.78. The molecule has 1 aliphatic heterocycles. The van der Waals surface area contributed by atoms with Gasteiger partial charge in [0.25, 0.3) is 0 Å². The first-order valence-corrected chi connectivity index (χ1v) is 5.67. The topological polar surface area (TPSA) is 105 Å². The molecule has 0 aromatic carbocycles. The monoisotopic (exact) mass is 270 g/mol. The van der Waals surface area contributed by atoms with Gasteiger partial charge in [-0.2, -0.15) is 0 Å². The molecule has 1 heterocycles.